The maximum Gasteiger partial charge on any atom is 0.338 e. The van der Waals surface area contributed by atoms with Crippen LogP contribution in [0.25, 0.3) is 0 Å². The standard InChI is InChI=1S/C13H16O4/c1-8-4-5-10-11(13(14)16-3)6-9(15-2)7-12(10)17-8/h6-8H,4-5H2,1-3H3. The van der Waals surface area contributed by atoms with Crippen molar-refractivity contribution in [1.29, 1.82) is 0 Å². The van der Waals surface area contributed by atoms with Crippen LogP contribution >= 0.6 is 0 Å². The van der Waals surface area contributed by atoms with E-state index < -0.39 is 0 Å². The third kappa shape index (κ3) is 2.20. The van der Waals surface area contributed by atoms with Crippen molar-refractivity contribution < 1.29 is 19.0 Å². The van der Waals surface area contributed by atoms with E-state index in [0.717, 1.165) is 24.2 Å². The van der Waals surface area contributed by atoms with Crippen LogP contribution in [-0.4, -0.2) is 26.3 Å². The summed E-state index contributed by atoms with van der Waals surface area (Å²) < 4.78 is 15.7. The van der Waals surface area contributed by atoms with Crippen LogP contribution < -0.4 is 9.47 Å². The van der Waals surface area contributed by atoms with Gasteiger partial charge in [0.15, 0.2) is 0 Å². The molecule has 1 aliphatic heterocycles. The Balaban J connectivity index is 2.50. The predicted octanol–water partition coefficient (Wildman–Crippen LogP) is 2.20. The van der Waals surface area contributed by atoms with Crippen molar-refractivity contribution >= 4 is 5.97 Å². The van der Waals surface area contributed by atoms with Crippen LogP contribution in [0.15, 0.2) is 12.1 Å². The van der Waals surface area contributed by atoms with Crippen molar-refractivity contribution in [3.63, 3.8) is 0 Å². The lowest BCUT2D eigenvalue weighted by Crippen LogP contribution is -2.21. The van der Waals surface area contributed by atoms with Crippen LogP contribution in [0.1, 0.15) is 29.3 Å². The van der Waals surface area contributed by atoms with E-state index in [0.29, 0.717) is 11.3 Å². The molecular weight excluding hydrogens is 220 g/mol. The van der Waals surface area contributed by atoms with Gasteiger partial charge < -0.3 is 14.2 Å². The first-order valence-electron chi connectivity index (χ1n) is 5.61. The van der Waals surface area contributed by atoms with Gasteiger partial charge in [-0.05, 0) is 25.8 Å². The first-order chi connectivity index (χ1) is 8.15. The second-order valence-electron chi connectivity index (χ2n) is 4.11. The Labute approximate surface area is 100 Å². The number of ether oxygens (including phenoxy) is 3. The van der Waals surface area contributed by atoms with E-state index in [2.05, 4.69) is 0 Å². The third-order valence-corrected chi connectivity index (χ3v) is 2.95. The Bertz CT molecular complexity index is 439. The zero-order valence-electron chi connectivity index (χ0n) is 10.3. The highest BCUT2D eigenvalue weighted by atomic mass is 16.5. The zero-order valence-corrected chi connectivity index (χ0v) is 10.3. The molecule has 0 amide bonds. The van der Waals surface area contributed by atoms with Gasteiger partial charge in [-0.25, -0.2) is 4.79 Å². The normalized spacial score (nSPS) is 17.9. The second-order valence-corrected chi connectivity index (χ2v) is 4.11. The molecule has 0 bridgehead atoms. The summed E-state index contributed by atoms with van der Waals surface area (Å²) in [7, 11) is 2.94. The van der Waals surface area contributed by atoms with Crippen molar-refractivity contribution in [2.75, 3.05) is 14.2 Å². The summed E-state index contributed by atoms with van der Waals surface area (Å²) in [6, 6.07) is 3.52. The lowest BCUT2D eigenvalue weighted by Gasteiger charge is -2.25. The number of benzene rings is 1. The fraction of sp³-hybridized carbons (Fsp3) is 0.462. The van der Waals surface area contributed by atoms with E-state index in [1.165, 1.54) is 7.11 Å². The molecule has 4 nitrogen and oxygen atoms in total. The van der Waals surface area contributed by atoms with Crippen LogP contribution in [0.5, 0.6) is 11.5 Å². The maximum absolute atomic E-state index is 11.7. The van der Waals surface area contributed by atoms with Gasteiger partial charge in [0, 0.05) is 11.6 Å². The highest BCUT2D eigenvalue weighted by Crippen LogP contribution is 2.34. The summed E-state index contributed by atoms with van der Waals surface area (Å²) in [5.41, 5.74) is 1.45. The Hall–Kier alpha value is -1.71. The molecule has 0 saturated heterocycles. The number of carbonyl (C=O) groups is 1. The number of esters is 1. The summed E-state index contributed by atoms with van der Waals surface area (Å²) >= 11 is 0. The molecule has 1 atom stereocenters. The van der Waals surface area contributed by atoms with Gasteiger partial charge in [-0.3, -0.25) is 0 Å². The molecule has 1 aromatic carbocycles. The minimum absolute atomic E-state index is 0.167. The number of hydrogen-bond donors (Lipinski definition) is 0. The molecule has 0 saturated carbocycles. The van der Waals surface area contributed by atoms with Crippen LogP contribution in [0, 0.1) is 0 Å². The average Bonchev–Trinajstić information content (AvgIpc) is 2.35. The van der Waals surface area contributed by atoms with E-state index in [-0.39, 0.29) is 12.1 Å². The molecule has 1 unspecified atom stereocenters. The average molecular weight is 236 g/mol. The van der Waals surface area contributed by atoms with Gasteiger partial charge >= 0.3 is 5.97 Å². The van der Waals surface area contributed by atoms with Gasteiger partial charge in [0.2, 0.25) is 0 Å². The second kappa shape index (κ2) is 4.65. The van der Waals surface area contributed by atoms with Crippen molar-refractivity contribution in [2.24, 2.45) is 0 Å². The largest absolute Gasteiger partial charge is 0.497 e. The van der Waals surface area contributed by atoms with Crippen LogP contribution in [0.2, 0.25) is 0 Å². The van der Waals surface area contributed by atoms with E-state index in [4.69, 9.17) is 14.2 Å². The Morgan fingerprint density at radius 1 is 1.41 bits per heavy atom. The smallest absolute Gasteiger partial charge is 0.338 e. The van der Waals surface area contributed by atoms with E-state index in [1.807, 2.05) is 13.0 Å². The molecule has 0 aromatic heterocycles. The summed E-state index contributed by atoms with van der Waals surface area (Å²) in [4.78, 5) is 11.7. The molecule has 2 rings (SSSR count). The van der Waals surface area contributed by atoms with Gasteiger partial charge in [0.05, 0.1) is 25.9 Å². The summed E-state index contributed by atoms with van der Waals surface area (Å²) in [6.45, 7) is 2.01. The number of hydrogen-bond acceptors (Lipinski definition) is 4. The van der Waals surface area contributed by atoms with Crippen molar-refractivity contribution in [3.8, 4) is 11.5 Å². The third-order valence-electron chi connectivity index (χ3n) is 2.95. The molecule has 1 aliphatic rings. The minimum Gasteiger partial charge on any atom is -0.497 e. The molecule has 92 valence electrons. The van der Waals surface area contributed by atoms with Crippen LogP contribution in [-0.2, 0) is 11.2 Å². The topological polar surface area (TPSA) is 44.8 Å². The fourth-order valence-corrected chi connectivity index (χ4v) is 2.02. The Morgan fingerprint density at radius 3 is 2.82 bits per heavy atom. The molecule has 0 fully saturated rings. The van der Waals surface area contributed by atoms with Gasteiger partial charge in [0.25, 0.3) is 0 Å². The first kappa shape index (κ1) is 11.8. The van der Waals surface area contributed by atoms with Gasteiger partial charge in [-0.1, -0.05) is 0 Å². The fourth-order valence-electron chi connectivity index (χ4n) is 2.02. The molecule has 0 spiro atoms. The predicted molar refractivity (Wildman–Crippen MR) is 62.7 cm³/mol. The number of methoxy groups -OCH3 is 2. The van der Waals surface area contributed by atoms with Gasteiger partial charge in [0.1, 0.15) is 11.5 Å². The Morgan fingerprint density at radius 2 is 2.18 bits per heavy atom. The number of rotatable bonds is 2. The molecule has 1 heterocycles. The van der Waals surface area contributed by atoms with Gasteiger partial charge in [-0.15, -0.1) is 0 Å². The molecular formula is C13H16O4. The number of fused-ring (bicyclic) bond motifs is 1. The SMILES string of the molecule is COC(=O)c1cc(OC)cc2c1CCC(C)O2. The van der Waals surface area contributed by atoms with Crippen LogP contribution in [0.4, 0.5) is 0 Å². The molecule has 1 aromatic rings. The highest BCUT2D eigenvalue weighted by molar-refractivity contribution is 5.92. The van der Waals surface area contributed by atoms with Gasteiger partial charge in [-0.2, -0.15) is 0 Å². The first-order valence-corrected chi connectivity index (χ1v) is 5.61. The molecule has 17 heavy (non-hydrogen) atoms. The minimum atomic E-state index is -0.349. The number of carbonyl (C=O) groups excluding carboxylic acids is 1. The molecule has 0 aliphatic carbocycles. The van der Waals surface area contributed by atoms with Crippen molar-refractivity contribution in [3.05, 3.63) is 23.3 Å². The molecule has 0 N–H and O–H groups in total. The molecule has 0 radical (unpaired) electrons. The van der Waals surface area contributed by atoms with E-state index >= 15 is 0 Å². The lowest BCUT2D eigenvalue weighted by atomic mass is 9.97. The zero-order chi connectivity index (χ0) is 12.4. The quantitative estimate of drug-likeness (QED) is 0.738. The summed E-state index contributed by atoms with van der Waals surface area (Å²) in [5, 5.41) is 0. The monoisotopic (exact) mass is 236 g/mol. The van der Waals surface area contributed by atoms with E-state index in [1.54, 1.807) is 13.2 Å². The van der Waals surface area contributed by atoms with E-state index in [9.17, 15) is 4.79 Å². The van der Waals surface area contributed by atoms with Crippen LogP contribution in [0.3, 0.4) is 0 Å². The maximum atomic E-state index is 11.7. The summed E-state index contributed by atoms with van der Waals surface area (Å²) in [5.74, 6) is 0.986. The Kier molecular flexibility index (Phi) is 3.22. The molecule has 4 heteroatoms. The van der Waals surface area contributed by atoms with Crippen molar-refractivity contribution in [1.82, 2.24) is 0 Å². The highest BCUT2D eigenvalue weighted by Gasteiger charge is 2.24. The lowest BCUT2D eigenvalue weighted by molar-refractivity contribution is 0.0596. The van der Waals surface area contributed by atoms with Crippen molar-refractivity contribution in [2.45, 2.75) is 25.9 Å². The summed E-state index contributed by atoms with van der Waals surface area (Å²) in [6.07, 6.45) is 1.90.